The molecule has 5 heteroatoms. The van der Waals surface area contributed by atoms with Crippen molar-refractivity contribution in [3.05, 3.63) is 70.8 Å². The molecule has 0 aromatic heterocycles. The highest BCUT2D eigenvalue weighted by Crippen LogP contribution is 2.28. The first kappa shape index (κ1) is 15.9. The number of carbonyl (C=O) groups excluding carboxylic acids is 2. The summed E-state index contributed by atoms with van der Waals surface area (Å²) in [6.07, 6.45) is 1.55. The van der Waals surface area contributed by atoms with Crippen LogP contribution in [0.5, 0.6) is 0 Å². The van der Waals surface area contributed by atoms with Gasteiger partial charge in [0.25, 0.3) is 5.91 Å². The second kappa shape index (κ2) is 5.92. The summed E-state index contributed by atoms with van der Waals surface area (Å²) in [5.41, 5.74) is 2.63. The minimum atomic E-state index is -1.10. The number of nitrogens with one attached hydrogen (secondary N) is 1. The summed E-state index contributed by atoms with van der Waals surface area (Å²) in [6.45, 7) is 5.63. The predicted molar refractivity (Wildman–Crippen MR) is 92.7 cm³/mol. The number of hydrogen-bond donors (Lipinski definition) is 1. The number of urea groups is 1. The minimum Gasteiger partial charge on any atom is -0.318 e. The molecular weight excluding hydrogens is 302 g/mol. The van der Waals surface area contributed by atoms with E-state index in [1.165, 1.54) is 0 Å². The van der Waals surface area contributed by atoms with Crippen LogP contribution in [-0.4, -0.2) is 23.2 Å². The Morgan fingerprint density at radius 3 is 2.50 bits per heavy atom. The second-order valence-electron chi connectivity index (χ2n) is 6.14. The summed E-state index contributed by atoms with van der Waals surface area (Å²) in [5, 5.41) is 7.76. The van der Waals surface area contributed by atoms with Crippen molar-refractivity contribution in [2.24, 2.45) is 5.10 Å². The van der Waals surface area contributed by atoms with Crippen LogP contribution in [0.1, 0.15) is 29.2 Å². The standard InChI is InChI=1S/C19H19N3O2/c1-13-9-10-14(2)15(11-13)12-20-22-17(23)19(3,21-18(22)24)16-7-5-4-6-8-16/h4-12H,1-3H3,(H,21,24)/b20-12-/t19-/m1/s1. The summed E-state index contributed by atoms with van der Waals surface area (Å²) in [6, 6.07) is 14.6. The molecule has 1 aliphatic rings. The van der Waals surface area contributed by atoms with Crippen molar-refractivity contribution in [3.63, 3.8) is 0 Å². The van der Waals surface area contributed by atoms with Gasteiger partial charge < -0.3 is 5.32 Å². The number of rotatable bonds is 3. The third-order valence-electron chi connectivity index (χ3n) is 4.27. The van der Waals surface area contributed by atoms with Crippen molar-refractivity contribution in [1.82, 2.24) is 10.3 Å². The molecule has 24 heavy (non-hydrogen) atoms. The molecule has 1 fully saturated rings. The highest BCUT2D eigenvalue weighted by Gasteiger charge is 2.49. The summed E-state index contributed by atoms with van der Waals surface area (Å²) >= 11 is 0. The lowest BCUT2D eigenvalue weighted by molar-refractivity contribution is -0.131. The monoisotopic (exact) mass is 321 g/mol. The molecule has 1 atom stereocenters. The normalized spacial score (nSPS) is 20.7. The highest BCUT2D eigenvalue weighted by molar-refractivity contribution is 6.07. The Balaban J connectivity index is 1.90. The van der Waals surface area contributed by atoms with Crippen molar-refractivity contribution in [3.8, 4) is 0 Å². The molecule has 3 rings (SSSR count). The Hall–Kier alpha value is -2.95. The van der Waals surface area contributed by atoms with Gasteiger partial charge in [-0.3, -0.25) is 4.79 Å². The van der Waals surface area contributed by atoms with E-state index in [0.717, 1.165) is 27.3 Å². The molecule has 1 saturated heterocycles. The first-order chi connectivity index (χ1) is 11.4. The highest BCUT2D eigenvalue weighted by atomic mass is 16.2. The van der Waals surface area contributed by atoms with E-state index in [4.69, 9.17) is 0 Å². The second-order valence-corrected chi connectivity index (χ2v) is 6.14. The number of hydrazone groups is 1. The molecule has 1 N–H and O–H groups in total. The summed E-state index contributed by atoms with van der Waals surface area (Å²) in [7, 11) is 0. The van der Waals surface area contributed by atoms with Gasteiger partial charge in [0.05, 0.1) is 6.21 Å². The zero-order chi connectivity index (χ0) is 17.3. The van der Waals surface area contributed by atoms with E-state index in [1.807, 2.05) is 62.4 Å². The number of aryl methyl sites for hydroxylation is 2. The zero-order valence-corrected chi connectivity index (χ0v) is 13.9. The molecule has 2 aromatic carbocycles. The summed E-state index contributed by atoms with van der Waals surface area (Å²) < 4.78 is 0. The van der Waals surface area contributed by atoms with E-state index in [1.54, 1.807) is 13.1 Å². The molecule has 0 spiro atoms. The topological polar surface area (TPSA) is 61.8 Å². The molecular formula is C19H19N3O2. The molecule has 3 amide bonds. The van der Waals surface area contributed by atoms with Crippen molar-refractivity contribution in [2.75, 3.05) is 0 Å². The predicted octanol–water partition coefficient (Wildman–Crippen LogP) is 3.10. The van der Waals surface area contributed by atoms with Gasteiger partial charge in [0.2, 0.25) is 0 Å². The first-order valence-electron chi connectivity index (χ1n) is 7.75. The van der Waals surface area contributed by atoms with E-state index in [-0.39, 0.29) is 5.91 Å². The lowest BCUT2D eigenvalue weighted by Crippen LogP contribution is -2.40. The Bertz CT molecular complexity index is 830. The largest absolute Gasteiger partial charge is 0.346 e. The van der Waals surface area contributed by atoms with Gasteiger partial charge in [0.1, 0.15) is 5.54 Å². The van der Waals surface area contributed by atoms with E-state index < -0.39 is 11.6 Å². The Morgan fingerprint density at radius 1 is 1.08 bits per heavy atom. The van der Waals surface area contributed by atoms with Gasteiger partial charge in [-0.05, 0) is 37.5 Å². The van der Waals surface area contributed by atoms with E-state index >= 15 is 0 Å². The third kappa shape index (κ3) is 2.69. The van der Waals surface area contributed by atoms with Crippen LogP contribution in [0.2, 0.25) is 0 Å². The Kier molecular flexibility index (Phi) is 3.93. The van der Waals surface area contributed by atoms with E-state index in [9.17, 15) is 9.59 Å². The van der Waals surface area contributed by atoms with Crippen LogP contribution in [0.3, 0.4) is 0 Å². The van der Waals surface area contributed by atoms with Crippen LogP contribution in [0.15, 0.2) is 53.6 Å². The number of imide groups is 1. The van der Waals surface area contributed by atoms with Crippen LogP contribution < -0.4 is 5.32 Å². The van der Waals surface area contributed by atoms with Gasteiger partial charge in [-0.25, -0.2) is 4.79 Å². The lowest BCUT2D eigenvalue weighted by atomic mass is 9.92. The maximum absolute atomic E-state index is 12.7. The Labute approximate surface area is 141 Å². The maximum Gasteiger partial charge on any atom is 0.346 e. The number of nitrogens with zero attached hydrogens (tertiary/aromatic N) is 2. The summed E-state index contributed by atoms with van der Waals surface area (Å²) in [4.78, 5) is 25.0. The molecule has 0 saturated carbocycles. The lowest BCUT2D eigenvalue weighted by Gasteiger charge is -2.20. The van der Waals surface area contributed by atoms with Crippen LogP contribution in [0, 0.1) is 13.8 Å². The zero-order valence-electron chi connectivity index (χ0n) is 13.9. The fraction of sp³-hybridized carbons (Fsp3) is 0.211. The average molecular weight is 321 g/mol. The molecule has 122 valence electrons. The van der Waals surface area contributed by atoms with Gasteiger partial charge in [-0.1, -0.05) is 54.1 Å². The fourth-order valence-corrected chi connectivity index (χ4v) is 2.72. The van der Waals surface area contributed by atoms with Crippen LogP contribution in [0.4, 0.5) is 4.79 Å². The van der Waals surface area contributed by atoms with E-state index in [2.05, 4.69) is 10.4 Å². The van der Waals surface area contributed by atoms with Gasteiger partial charge >= 0.3 is 6.03 Å². The molecule has 1 heterocycles. The molecule has 0 bridgehead atoms. The maximum atomic E-state index is 12.7. The molecule has 0 unspecified atom stereocenters. The SMILES string of the molecule is Cc1ccc(C)c(/C=N\N2C(=O)N[C@](C)(c3ccccc3)C2=O)c1. The molecule has 0 radical (unpaired) electrons. The van der Waals surface area contributed by atoms with Gasteiger partial charge in [-0.2, -0.15) is 5.10 Å². The molecule has 2 aromatic rings. The molecule has 5 nitrogen and oxygen atoms in total. The number of hydrogen-bond acceptors (Lipinski definition) is 3. The van der Waals surface area contributed by atoms with Gasteiger partial charge in [0.15, 0.2) is 0 Å². The smallest absolute Gasteiger partial charge is 0.318 e. The fourth-order valence-electron chi connectivity index (χ4n) is 2.72. The van der Waals surface area contributed by atoms with Gasteiger partial charge in [0, 0.05) is 0 Å². The number of benzene rings is 2. The van der Waals surface area contributed by atoms with Crippen molar-refractivity contribution in [1.29, 1.82) is 0 Å². The van der Waals surface area contributed by atoms with Crippen LogP contribution >= 0.6 is 0 Å². The minimum absolute atomic E-state index is 0.389. The number of carbonyl (C=O) groups is 2. The van der Waals surface area contributed by atoms with Crippen LogP contribution in [0.25, 0.3) is 0 Å². The molecule has 0 aliphatic carbocycles. The Morgan fingerprint density at radius 2 is 1.79 bits per heavy atom. The molecule has 1 aliphatic heterocycles. The summed E-state index contributed by atoms with van der Waals surface area (Å²) in [5.74, 6) is -0.389. The average Bonchev–Trinajstić information content (AvgIpc) is 2.80. The van der Waals surface area contributed by atoms with Crippen molar-refractivity contribution in [2.45, 2.75) is 26.3 Å². The van der Waals surface area contributed by atoms with Crippen molar-refractivity contribution < 1.29 is 9.59 Å². The quantitative estimate of drug-likeness (QED) is 0.697. The third-order valence-corrected chi connectivity index (χ3v) is 4.27. The van der Waals surface area contributed by atoms with Crippen LogP contribution in [-0.2, 0) is 10.3 Å². The van der Waals surface area contributed by atoms with Gasteiger partial charge in [-0.15, -0.1) is 5.01 Å². The first-order valence-corrected chi connectivity index (χ1v) is 7.75. The number of amides is 3. The van der Waals surface area contributed by atoms with Crippen molar-refractivity contribution >= 4 is 18.2 Å². The van der Waals surface area contributed by atoms with E-state index in [0.29, 0.717) is 0 Å².